The first kappa shape index (κ1) is 15.3. The van der Waals surface area contributed by atoms with E-state index in [-0.39, 0.29) is 12.3 Å². The molecule has 0 fully saturated rings. The molecule has 112 valence electrons. The number of aliphatic carboxylic acids is 1. The van der Waals surface area contributed by atoms with Crippen LogP contribution in [0.3, 0.4) is 0 Å². The molecule has 0 bridgehead atoms. The van der Waals surface area contributed by atoms with Gasteiger partial charge in [0.05, 0.1) is 9.75 Å². The van der Waals surface area contributed by atoms with Crippen molar-refractivity contribution in [1.29, 1.82) is 0 Å². The van der Waals surface area contributed by atoms with Gasteiger partial charge >= 0.3 is 5.97 Å². The molecular formula is C15H17NO4S. The van der Waals surface area contributed by atoms with Gasteiger partial charge in [-0.15, -0.1) is 11.3 Å². The summed E-state index contributed by atoms with van der Waals surface area (Å²) in [5.74, 6) is 0.656. The first-order valence-electron chi connectivity index (χ1n) is 6.73. The van der Waals surface area contributed by atoms with Crippen LogP contribution in [0.5, 0.6) is 0 Å². The SMILES string of the molecule is Cc1ccc(-c2ccc(C(=O)NCCCCC(=O)O)s2)o1. The maximum Gasteiger partial charge on any atom is 0.303 e. The Morgan fingerprint density at radius 1 is 1.24 bits per heavy atom. The average molecular weight is 307 g/mol. The number of carbonyl (C=O) groups is 2. The summed E-state index contributed by atoms with van der Waals surface area (Å²) in [5.41, 5.74) is 0. The zero-order chi connectivity index (χ0) is 15.2. The topological polar surface area (TPSA) is 79.5 Å². The van der Waals surface area contributed by atoms with E-state index in [1.807, 2.05) is 25.1 Å². The minimum absolute atomic E-state index is 0.134. The molecule has 2 aromatic heterocycles. The smallest absolute Gasteiger partial charge is 0.303 e. The zero-order valence-electron chi connectivity index (χ0n) is 11.7. The third-order valence-corrected chi connectivity index (χ3v) is 4.01. The molecule has 2 rings (SSSR count). The summed E-state index contributed by atoms with van der Waals surface area (Å²) < 4.78 is 5.52. The quantitative estimate of drug-likeness (QED) is 0.769. The Bertz CT molecular complexity index is 629. The molecule has 2 heterocycles. The largest absolute Gasteiger partial charge is 0.481 e. The van der Waals surface area contributed by atoms with Crippen LogP contribution in [0.2, 0.25) is 0 Å². The Hall–Kier alpha value is -2.08. The van der Waals surface area contributed by atoms with Crippen LogP contribution in [0, 0.1) is 6.92 Å². The van der Waals surface area contributed by atoms with Crippen molar-refractivity contribution in [2.75, 3.05) is 6.54 Å². The van der Waals surface area contributed by atoms with Crippen molar-refractivity contribution in [3.63, 3.8) is 0 Å². The molecule has 0 aliphatic carbocycles. The predicted octanol–water partition coefficient (Wildman–Crippen LogP) is 3.30. The van der Waals surface area contributed by atoms with Crippen LogP contribution in [0.4, 0.5) is 0 Å². The van der Waals surface area contributed by atoms with Gasteiger partial charge in [0, 0.05) is 13.0 Å². The van der Waals surface area contributed by atoms with Gasteiger partial charge in [-0.3, -0.25) is 9.59 Å². The molecule has 0 aromatic carbocycles. The Kier molecular flexibility index (Phi) is 5.16. The fourth-order valence-electron chi connectivity index (χ4n) is 1.85. The van der Waals surface area contributed by atoms with Crippen molar-refractivity contribution in [2.24, 2.45) is 0 Å². The van der Waals surface area contributed by atoms with Gasteiger partial charge in [-0.1, -0.05) is 0 Å². The van der Waals surface area contributed by atoms with Crippen LogP contribution in [-0.4, -0.2) is 23.5 Å². The van der Waals surface area contributed by atoms with E-state index in [0.29, 0.717) is 24.3 Å². The summed E-state index contributed by atoms with van der Waals surface area (Å²) in [6.45, 7) is 2.36. The molecule has 0 aliphatic heterocycles. The van der Waals surface area contributed by atoms with Crippen molar-refractivity contribution in [2.45, 2.75) is 26.2 Å². The minimum Gasteiger partial charge on any atom is -0.481 e. The fourth-order valence-corrected chi connectivity index (χ4v) is 2.73. The second-order valence-electron chi connectivity index (χ2n) is 4.68. The molecule has 2 N–H and O–H groups in total. The number of furan rings is 1. The van der Waals surface area contributed by atoms with Gasteiger partial charge in [0.1, 0.15) is 11.5 Å². The van der Waals surface area contributed by atoms with Crippen LogP contribution in [0.25, 0.3) is 10.6 Å². The predicted molar refractivity (Wildman–Crippen MR) is 80.6 cm³/mol. The Morgan fingerprint density at radius 2 is 2.05 bits per heavy atom. The monoisotopic (exact) mass is 307 g/mol. The number of thiophene rings is 1. The Balaban J connectivity index is 1.83. The summed E-state index contributed by atoms with van der Waals surface area (Å²) in [5, 5.41) is 11.3. The van der Waals surface area contributed by atoms with Crippen LogP contribution in [-0.2, 0) is 4.79 Å². The highest BCUT2D eigenvalue weighted by Crippen LogP contribution is 2.29. The molecule has 0 spiro atoms. The highest BCUT2D eigenvalue weighted by atomic mass is 32.1. The van der Waals surface area contributed by atoms with Gasteiger partial charge in [0.15, 0.2) is 0 Å². The molecule has 1 amide bonds. The number of amides is 1. The van der Waals surface area contributed by atoms with Gasteiger partial charge in [0.25, 0.3) is 5.91 Å². The van der Waals surface area contributed by atoms with Gasteiger partial charge in [-0.2, -0.15) is 0 Å². The van der Waals surface area contributed by atoms with Crippen LogP contribution in [0.15, 0.2) is 28.7 Å². The molecule has 21 heavy (non-hydrogen) atoms. The molecule has 0 saturated carbocycles. The first-order chi connectivity index (χ1) is 10.1. The van der Waals surface area contributed by atoms with Gasteiger partial charge in [0.2, 0.25) is 0 Å². The lowest BCUT2D eigenvalue weighted by Gasteiger charge is -2.02. The lowest BCUT2D eigenvalue weighted by Crippen LogP contribution is -2.23. The molecular weight excluding hydrogens is 290 g/mol. The summed E-state index contributed by atoms with van der Waals surface area (Å²) >= 11 is 1.38. The summed E-state index contributed by atoms with van der Waals surface area (Å²) in [6, 6.07) is 7.40. The molecule has 5 nitrogen and oxygen atoms in total. The Morgan fingerprint density at radius 3 is 2.71 bits per heavy atom. The van der Waals surface area contributed by atoms with E-state index >= 15 is 0 Å². The number of carboxylic acid groups (broad SMARTS) is 1. The number of hydrogen-bond acceptors (Lipinski definition) is 4. The lowest BCUT2D eigenvalue weighted by atomic mass is 10.2. The number of carboxylic acids is 1. The highest BCUT2D eigenvalue weighted by molar-refractivity contribution is 7.17. The third kappa shape index (κ3) is 4.46. The van der Waals surface area contributed by atoms with E-state index in [2.05, 4.69) is 5.32 Å². The van der Waals surface area contributed by atoms with Gasteiger partial charge in [-0.05, 0) is 44.0 Å². The highest BCUT2D eigenvalue weighted by Gasteiger charge is 2.11. The van der Waals surface area contributed by atoms with Crippen molar-refractivity contribution in [3.05, 3.63) is 34.9 Å². The van der Waals surface area contributed by atoms with E-state index in [1.165, 1.54) is 11.3 Å². The summed E-state index contributed by atoms with van der Waals surface area (Å²) in [4.78, 5) is 23.8. The summed E-state index contributed by atoms with van der Waals surface area (Å²) in [7, 11) is 0. The van der Waals surface area contributed by atoms with Crippen molar-refractivity contribution in [1.82, 2.24) is 5.32 Å². The van der Waals surface area contributed by atoms with Gasteiger partial charge in [-0.25, -0.2) is 0 Å². The molecule has 6 heteroatoms. The maximum atomic E-state index is 11.9. The molecule has 0 unspecified atom stereocenters. The van der Waals surface area contributed by atoms with Gasteiger partial charge < -0.3 is 14.8 Å². The standard InChI is InChI=1S/C15H17NO4S/c1-10-5-6-11(20-10)12-7-8-13(21-12)15(19)16-9-3-2-4-14(17)18/h5-8H,2-4,9H2,1H3,(H,16,19)(H,17,18). The molecule has 0 aliphatic rings. The molecule has 0 radical (unpaired) electrons. The Labute approximate surface area is 126 Å². The number of unbranched alkanes of at least 4 members (excludes halogenated alkanes) is 1. The normalized spacial score (nSPS) is 10.5. The molecule has 0 atom stereocenters. The number of carbonyl (C=O) groups excluding carboxylic acids is 1. The number of aryl methyl sites for hydroxylation is 1. The molecule has 0 saturated heterocycles. The summed E-state index contributed by atoms with van der Waals surface area (Å²) in [6.07, 6.45) is 1.36. The maximum absolute atomic E-state index is 11.9. The molecule has 2 aromatic rings. The van der Waals surface area contributed by atoms with E-state index in [4.69, 9.17) is 9.52 Å². The minimum atomic E-state index is -0.807. The zero-order valence-corrected chi connectivity index (χ0v) is 12.5. The van der Waals surface area contributed by atoms with E-state index in [9.17, 15) is 9.59 Å². The average Bonchev–Trinajstić information content (AvgIpc) is 3.06. The van der Waals surface area contributed by atoms with E-state index < -0.39 is 5.97 Å². The third-order valence-electron chi connectivity index (χ3n) is 2.92. The number of hydrogen-bond donors (Lipinski definition) is 2. The van der Waals surface area contributed by atoms with Crippen molar-refractivity contribution in [3.8, 4) is 10.6 Å². The number of rotatable bonds is 7. The van der Waals surface area contributed by atoms with Crippen molar-refractivity contribution >= 4 is 23.2 Å². The lowest BCUT2D eigenvalue weighted by molar-refractivity contribution is -0.137. The van der Waals surface area contributed by atoms with Crippen LogP contribution >= 0.6 is 11.3 Å². The van der Waals surface area contributed by atoms with Crippen molar-refractivity contribution < 1.29 is 19.1 Å². The second kappa shape index (κ2) is 7.08. The second-order valence-corrected chi connectivity index (χ2v) is 5.76. The van der Waals surface area contributed by atoms with E-state index in [0.717, 1.165) is 16.4 Å². The van der Waals surface area contributed by atoms with Crippen LogP contribution in [0.1, 0.15) is 34.7 Å². The van der Waals surface area contributed by atoms with E-state index in [1.54, 1.807) is 6.07 Å². The van der Waals surface area contributed by atoms with Crippen LogP contribution < -0.4 is 5.32 Å². The first-order valence-corrected chi connectivity index (χ1v) is 7.54. The number of nitrogens with one attached hydrogen (secondary N) is 1. The fraction of sp³-hybridized carbons (Fsp3) is 0.333.